The number of carbonyl (C=O) groups excluding carboxylic acids is 3. The van der Waals surface area contributed by atoms with E-state index in [4.69, 9.17) is 9.47 Å². The number of Topliss-reactive ketones (excluding diaryl/α,β-unsaturated/α-hetero) is 1. The third kappa shape index (κ3) is 4.39. The van der Waals surface area contributed by atoms with E-state index in [1.165, 1.54) is 7.11 Å². The summed E-state index contributed by atoms with van der Waals surface area (Å²) in [6.45, 7) is 2.62. The zero-order valence-corrected chi connectivity index (χ0v) is 17.6. The van der Waals surface area contributed by atoms with E-state index < -0.39 is 0 Å². The molecule has 4 rings (SSSR count). The highest BCUT2D eigenvalue weighted by atomic mass is 16.5. The molecule has 8 nitrogen and oxygen atoms in total. The molecule has 2 aromatic carbocycles. The van der Waals surface area contributed by atoms with Crippen molar-refractivity contribution >= 4 is 23.3 Å². The molecule has 1 saturated heterocycles. The van der Waals surface area contributed by atoms with Crippen LogP contribution in [-0.4, -0.2) is 74.3 Å². The number of benzene rings is 2. The van der Waals surface area contributed by atoms with Gasteiger partial charge in [0.2, 0.25) is 5.91 Å². The fraction of sp³-hybridized carbons (Fsp3) is 0.348. The number of hydrogen-bond donors (Lipinski definition) is 1. The van der Waals surface area contributed by atoms with Crippen molar-refractivity contribution < 1.29 is 23.9 Å². The monoisotopic (exact) mass is 423 g/mol. The van der Waals surface area contributed by atoms with Crippen molar-refractivity contribution in [3.8, 4) is 11.5 Å². The third-order valence-electron chi connectivity index (χ3n) is 5.71. The van der Waals surface area contributed by atoms with Gasteiger partial charge in [-0.3, -0.25) is 19.3 Å². The number of carbonyl (C=O) groups is 3. The lowest BCUT2D eigenvalue weighted by atomic mass is 10.0. The molecule has 8 heteroatoms. The fourth-order valence-electron chi connectivity index (χ4n) is 3.96. The first kappa shape index (κ1) is 20.9. The summed E-state index contributed by atoms with van der Waals surface area (Å²) in [4.78, 5) is 40.9. The van der Waals surface area contributed by atoms with Crippen molar-refractivity contribution in [1.29, 1.82) is 0 Å². The molecule has 162 valence electrons. The predicted molar refractivity (Wildman–Crippen MR) is 115 cm³/mol. The van der Waals surface area contributed by atoms with Crippen molar-refractivity contribution in [3.05, 3.63) is 53.1 Å². The number of hydrogen-bond acceptors (Lipinski definition) is 6. The minimum absolute atomic E-state index is 0.0156. The number of ketones is 1. The van der Waals surface area contributed by atoms with Crippen molar-refractivity contribution in [2.24, 2.45) is 0 Å². The Kier molecular flexibility index (Phi) is 5.90. The smallest absolute Gasteiger partial charge is 0.254 e. The average Bonchev–Trinajstić information content (AvgIpc) is 3.17. The van der Waals surface area contributed by atoms with E-state index in [1.54, 1.807) is 48.4 Å². The van der Waals surface area contributed by atoms with Gasteiger partial charge in [0.1, 0.15) is 0 Å². The number of nitrogens with one attached hydrogen (secondary N) is 1. The molecule has 0 bridgehead atoms. The number of fused-ring (bicyclic) bond motifs is 1. The van der Waals surface area contributed by atoms with Gasteiger partial charge in [-0.1, -0.05) is 0 Å². The summed E-state index contributed by atoms with van der Waals surface area (Å²) in [5.41, 5.74) is 2.80. The van der Waals surface area contributed by atoms with Gasteiger partial charge in [-0.25, -0.2) is 0 Å². The van der Waals surface area contributed by atoms with Crippen LogP contribution in [0.3, 0.4) is 0 Å². The average molecular weight is 423 g/mol. The molecule has 0 saturated carbocycles. The first-order valence-corrected chi connectivity index (χ1v) is 10.2. The molecular weight excluding hydrogens is 398 g/mol. The minimum atomic E-state index is -0.0669. The Balaban J connectivity index is 1.34. The van der Waals surface area contributed by atoms with Gasteiger partial charge < -0.3 is 19.7 Å². The Morgan fingerprint density at radius 2 is 1.65 bits per heavy atom. The summed E-state index contributed by atoms with van der Waals surface area (Å²) in [7, 11) is 3.09. The normalized spacial score (nSPS) is 15.9. The van der Waals surface area contributed by atoms with E-state index in [9.17, 15) is 14.4 Å². The number of methoxy groups -OCH3 is 2. The number of piperazine rings is 1. The summed E-state index contributed by atoms with van der Waals surface area (Å²) in [6.07, 6.45) is 0.313. The topological polar surface area (TPSA) is 88.2 Å². The summed E-state index contributed by atoms with van der Waals surface area (Å²) < 4.78 is 10.5. The number of rotatable bonds is 6. The molecule has 2 aromatic rings. The molecule has 0 unspecified atom stereocenters. The summed E-state index contributed by atoms with van der Waals surface area (Å²) in [6, 6.07) is 10.5. The highest BCUT2D eigenvalue weighted by Crippen LogP contribution is 2.28. The van der Waals surface area contributed by atoms with Gasteiger partial charge in [0.25, 0.3) is 5.91 Å². The van der Waals surface area contributed by atoms with Crippen LogP contribution in [0.25, 0.3) is 0 Å². The van der Waals surface area contributed by atoms with Crippen LogP contribution < -0.4 is 14.8 Å². The van der Waals surface area contributed by atoms with Crippen molar-refractivity contribution in [1.82, 2.24) is 9.80 Å². The van der Waals surface area contributed by atoms with Crippen LogP contribution in [0.2, 0.25) is 0 Å². The molecule has 1 N–H and O–H groups in total. The third-order valence-corrected chi connectivity index (χ3v) is 5.71. The number of anilines is 1. The molecule has 0 aliphatic carbocycles. The first-order chi connectivity index (χ1) is 15.0. The Morgan fingerprint density at radius 1 is 0.935 bits per heavy atom. The molecule has 0 radical (unpaired) electrons. The zero-order chi connectivity index (χ0) is 22.0. The maximum absolute atomic E-state index is 12.9. The maximum atomic E-state index is 12.9. The Labute approximate surface area is 180 Å². The van der Waals surface area contributed by atoms with E-state index in [-0.39, 0.29) is 17.6 Å². The Bertz CT molecular complexity index is 1030. The van der Waals surface area contributed by atoms with E-state index in [0.29, 0.717) is 61.8 Å². The molecule has 0 aromatic heterocycles. The fourth-order valence-corrected chi connectivity index (χ4v) is 3.96. The van der Waals surface area contributed by atoms with Gasteiger partial charge in [-0.2, -0.15) is 0 Å². The van der Waals surface area contributed by atoms with Gasteiger partial charge in [-0.15, -0.1) is 0 Å². The summed E-state index contributed by atoms with van der Waals surface area (Å²) in [5, 5.41) is 2.77. The van der Waals surface area contributed by atoms with Gasteiger partial charge in [0.15, 0.2) is 17.3 Å². The standard InChI is InChI=1S/C23H25N3O5/c1-30-20-6-4-16(12-21(20)31-2)23(29)26-9-7-25(8-10-26)14-19(27)15-3-5-18-17(11-15)13-22(28)24-18/h3-6,11-12H,7-10,13-14H2,1-2H3,(H,24,28). The number of amides is 2. The van der Waals surface area contributed by atoms with E-state index in [2.05, 4.69) is 10.2 Å². The molecule has 2 amide bonds. The predicted octanol–water partition coefficient (Wildman–Crippen LogP) is 1.84. The SMILES string of the molecule is COc1ccc(C(=O)N2CCN(CC(=O)c3ccc4c(c3)CC(=O)N4)CC2)cc1OC. The molecule has 2 aliphatic heterocycles. The van der Waals surface area contributed by atoms with Crippen molar-refractivity contribution in [3.63, 3.8) is 0 Å². The van der Waals surface area contributed by atoms with E-state index in [1.807, 2.05) is 0 Å². The molecule has 2 aliphatic rings. The largest absolute Gasteiger partial charge is 0.493 e. The Morgan fingerprint density at radius 3 is 2.35 bits per heavy atom. The van der Waals surface area contributed by atoms with Crippen LogP contribution in [0.15, 0.2) is 36.4 Å². The van der Waals surface area contributed by atoms with Crippen LogP contribution in [0.1, 0.15) is 26.3 Å². The second kappa shape index (κ2) is 8.77. The zero-order valence-electron chi connectivity index (χ0n) is 17.6. The lowest BCUT2D eigenvalue weighted by molar-refractivity contribution is -0.115. The summed E-state index contributed by atoms with van der Waals surface area (Å²) in [5.74, 6) is 0.998. The highest BCUT2D eigenvalue weighted by Gasteiger charge is 2.25. The summed E-state index contributed by atoms with van der Waals surface area (Å²) >= 11 is 0. The second-order valence-electron chi connectivity index (χ2n) is 7.66. The maximum Gasteiger partial charge on any atom is 0.254 e. The lowest BCUT2D eigenvalue weighted by Gasteiger charge is -2.34. The molecule has 0 spiro atoms. The van der Waals surface area contributed by atoms with Crippen LogP contribution in [0.5, 0.6) is 11.5 Å². The van der Waals surface area contributed by atoms with E-state index >= 15 is 0 Å². The first-order valence-electron chi connectivity index (χ1n) is 10.2. The molecular formula is C23H25N3O5. The molecule has 2 heterocycles. The van der Waals surface area contributed by atoms with Gasteiger partial charge in [-0.05, 0) is 42.0 Å². The van der Waals surface area contributed by atoms with E-state index in [0.717, 1.165) is 11.3 Å². The molecule has 0 atom stereocenters. The number of ether oxygens (including phenoxy) is 2. The quantitative estimate of drug-likeness (QED) is 0.714. The van der Waals surface area contributed by atoms with Crippen LogP contribution in [-0.2, 0) is 11.2 Å². The molecule has 31 heavy (non-hydrogen) atoms. The van der Waals surface area contributed by atoms with Gasteiger partial charge in [0.05, 0.1) is 27.2 Å². The Hall–Kier alpha value is -3.39. The van der Waals surface area contributed by atoms with Crippen LogP contribution in [0, 0.1) is 0 Å². The lowest BCUT2D eigenvalue weighted by Crippen LogP contribution is -2.49. The highest BCUT2D eigenvalue weighted by molar-refractivity contribution is 6.02. The van der Waals surface area contributed by atoms with Crippen molar-refractivity contribution in [2.75, 3.05) is 52.3 Å². The second-order valence-corrected chi connectivity index (χ2v) is 7.66. The van der Waals surface area contributed by atoms with Gasteiger partial charge in [0, 0.05) is 43.0 Å². The number of nitrogens with zero attached hydrogens (tertiary/aromatic N) is 2. The van der Waals surface area contributed by atoms with Crippen LogP contribution >= 0.6 is 0 Å². The van der Waals surface area contributed by atoms with Crippen molar-refractivity contribution in [2.45, 2.75) is 6.42 Å². The van der Waals surface area contributed by atoms with Gasteiger partial charge >= 0.3 is 0 Å². The molecule has 1 fully saturated rings. The van der Waals surface area contributed by atoms with Crippen LogP contribution in [0.4, 0.5) is 5.69 Å². The minimum Gasteiger partial charge on any atom is -0.493 e.